The second-order valence-electron chi connectivity index (χ2n) is 6.92. The van der Waals surface area contributed by atoms with Gasteiger partial charge in [0.15, 0.2) is 0 Å². The van der Waals surface area contributed by atoms with Crippen LogP contribution in [0.4, 0.5) is 5.82 Å². The third-order valence-electron chi connectivity index (χ3n) is 4.18. The lowest BCUT2D eigenvalue weighted by atomic mass is 10.0. The molecule has 1 saturated heterocycles. The number of amides is 1. The van der Waals surface area contributed by atoms with Crippen LogP contribution in [-0.2, 0) is 6.42 Å². The molecule has 2 aromatic heterocycles. The van der Waals surface area contributed by atoms with Gasteiger partial charge < -0.3 is 19.8 Å². The van der Waals surface area contributed by atoms with Gasteiger partial charge in [0.1, 0.15) is 11.4 Å². The summed E-state index contributed by atoms with van der Waals surface area (Å²) < 4.78 is 5.09. The van der Waals surface area contributed by atoms with E-state index in [4.69, 9.17) is 4.52 Å². The van der Waals surface area contributed by atoms with E-state index >= 15 is 0 Å². The largest absolute Gasteiger partial charge is 0.386 e. The van der Waals surface area contributed by atoms with Crippen LogP contribution >= 0.6 is 0 Å². The summed E-state index contributed by atoms with van der Waals surface area (Å²) in [5.41, 5.74) is -0.248. The van der Waals surface area contributed by atoms with E-state index in [1.807, 2.05) is 4.90 Å². The van der Waals surface area contributed by atoms with Gasteiger partial charge in [-0.2, -0.15) is 0 Å². The van der Waals surface area contributed by atoms with Crippen molar-refractivity contribution >= 4 is 11.7 Å². The molecular formula is C17H23N5O3. The van der Waals surface area contributed by atoms with E-state index in [9.17, 15) is 9.90 Å². The summed E-state index contributed by atoms with van der Waals surface area (Å²) in [6.45, 7) is 5.34. The molecule has 25 heavy (non-hydrogen) atoms. The summed E-state index contributed by atoms with van der Waals surface area (Å²) in [6, 6.07) is 1.65. The summed E-state index contributed by atoms with van der Waals surface area (Å²) in [4.78, 5) is 22.4. The molecule has 2 N–H and O–H groups in total. The number of β-amino-alcohol motifs (C(OH)–C–C–N with tert-alkyl or cyclic N) is 1. The lowest BCUT2D eigenvalue weighted by molar-refractivity contribution is 0.0564. The molecule has 0 aromatic carbocycles. The molecule has 134 valence electrons. The smallest absolute Gasteiger partial charge is 0.290 e. The van der Waals surface area contributed by atoms with Gasteiger partial charge in [-0.3, -0.25) is 9.78 Å². The van der Waals surface area contributed by atoms with Crippen molar-refractivity contribution < 1.29 is 14.4 Å². The Morgan fingerprint density at radius 2 is 2.32 bits per heavy atom. The molecule has 8 heteroatoms. The first-order valence-corrected chi connectivity index (χ1v) is 8.42. The fourth-order valence-electron chi connectivity index (χ4n) is 2.92. The number of hydrogen-bond acceptors (Lipinski definition) is 7. The predicted molar refractivity (Wildman–Crippen MR) is 91.2 cm³/mol. The van der Waals surface area contributed by atoms with Crippen molar-refractivity contribution in [1.29, 1.82) is 0 Å². The zero-order chi connectivity index (χ0) is 17.9. The number of hydrogen-bond donors (Lipinski definition) is 2. The highest BCUT2D eigenvalue weighted by Gasteiger charge is 2.37. The van der Waals surface area contributed by atoms with E-state index in [1.165, 1.54) is 0 Å². The molecule has 1 fully saturated rings. The Morgan fingerprint density at radius 1 is 1.48 bits per heavy atom. The third kappa shape index (κ3) is 4.33. The van der Waals surface area contributed by atoms with Crippen LogP contribution in [0.5, 0.6) is 0 Å². The van der Waals surface area contributed by atoms with Gasteiger partial charge in [0.25, 0.3) is 5.91 Å². The standard InChI is InChI=1S/C17H23N5O3/c1-12(2)7-13-8-14(25-21-13)16(23)20-10-17(24)3-6-22(11-17)15-9-18-4-5-19-15/h4-5,8-9,12,24H,3,6-7,10-11H2,1-2H3,(H,20,23)/t17-/m0/s1. The summed E-state index contributed by atoms with van der Waals surface area (Å²) in [7, 11) is 0. The van der Waals surface area contributed by atoms with Gasteiger partial charge in [-0.1, -0.05) is 19.0 Å². The Labute approximate surface area is 146 Å². The van der Waals surface area contributed by atoms with E-state index < -0.39 is 5.60 Å². The normalized spacial score (nSPS) is 20.2. The van der Waals surface area contributed by atoms with Crippen molar-refractivity contribution in [3.63, 3.8) is 0 Å². The van der Waals surface area contributed by atoms with E-state index in [-0.39, 0.29) is 18.2 Å². The lowest BCUT2D eigenvalue weighted by Gasteiger charge is -2.23. The maximum Gasteiger partial charge on any atom is 0.290 e. The number of nitrogens with one attached hydrogen (secondary N) is 1. The Kier molecular flexibility index (Phi) is 4.98. The molecule has 0 aliphatic carbocycles. The second kappa shape index (κ2) is 7.18. The van der Waals surface area contributed by atoms with Gasteiger partial charge in [0.05, 0.1) is 11.9 Å². The molecule has 2 aromatic rings. The average Bonchev–Trinajstić information content (AvgIpc) is 3.21. The maximum absolute atomic E-state index is 12.2. The molecule has 1 atom stereocenters. The number of aliphatic hydroxyl groups is 1. The van der Waals surface area contributed by atoms with Crippen molar-refractivity contribution in [2.45, 2.75) is 32.3 Å². The van der Waals surface area contributed by atoms with Gasteiger partial charge in [-0.25, -0.2) is 4.98 Å². The first kappa shape index (κ1) is 17.3. The molecule has 0 unspecified atom stereocenters. The minimum Gasteiger partial charge on any atom is -0.386 e. The minimum atomic E-state index is -1.01. The van der Waals surface area contributed by atoms with Crippen LogP contribution in [0.3, 0.4) is 0 Å². The molecule has 8 nitrogen and oxygen atoms in total. The van der Waals surface area contributed by atoms with Crippen LogP contribution in [-0.4, -0.2) is 51.4 Å². The summed E-state index contributed by atoms with van der Waals surface area (Å²) in [5.74, 6) is 0.961. The van der Waals surface area contributed by atoms with Crippen LogP contribution in [0.2, 0.25) is 0 Å². The minimum absolute atomic E-state index is 0.142. The van der Waals surface area contributed by atoms with Crippen molar-refractivity contribution in [3.8, 4) is 0 Å². The predicted octanol–water partition coefficient (Wildman–Crippen LogP) is 1.03. The fraction of sp³-hybridized carbons (Fsp3) is 0.529. The van der Waals surface area contributed by atoms with E-state index in [2.05, 4.69) is 34.3 Å². The Balaban J connectivity index is 1.54. The highest BCUT2D eigenvalue weighted by molar-refractivity contribution is 5.91. The molecule has 1 amide bonds. The Morgan fingerprint density at radius 3 is 3.04 bits per heavy atom. The monoisotopic (exact) mass is 345 g/mol. The van der Waals surface area contributed by atoms with E-state index in [0.29, 0.717) is 25.4 Å². The van der Waals surface area contributed by atoms with Crippen LogP contribution in [0.15, 0.2) is 29.2 Å². The van der Waals surface area contributed by atoms with Gasteiger partial charge in [0, 0.05) is 38.1 Å². The number of carbonyl (C=O) groups excluding carboxylic acids is 1. The maximum atomic E-state index is 12.2. The van der Waals surface area contributed by atoms with Gasteiger partial charge in [-0.15, -0.1) is 0 Å². The highest BCUT2D eigenvalue weighted by Crippen LogP contribution is 2.24. The second-order valence-corrected chi connectivity index (χ2v) is 6.92. The Bertz CT molecular complexity index is 718. The van der Waals surface area contributed by atoms with Crippen molar-refractivity contribution in [2.24, 2.45) is 5.92 Å². The average molecular weight is 345 g/mol. The highest BCUT2D eigenvalue weighted by atomic mass is 16.5. The summed E-state index contributed by atoms with van der Waals surface area (Å²) in [6.07, 6.45) is 6.19. The fourth-order valence-corrected chi connectivity index (χ4v) is 2.92. The van der Waals surface area contributed by atoms with E-state index in [1.54, 1.807) is 24.7 Å². The molecule has 3 rings (SSSR count). The summed E-state index contributed by atoms with van der Waals surface area (Å²) in [5, 5.41) is 17.3. The molecule has 0 bridgehead atoms. The summed E-state index contributed by atoms with van der Waals surface area (Å²) >= 11 is 0. The first-order valence-electron chi connectivity index (χ1n) is 8.42. The molecule has 0 spiro atoms. The van der Waals surface area contributed by atoms with Gasteiger partial charge in [0.2, 0.25) is 5.76 Å². The number of anilines is 1. The lowest BCUT2D eigenvalue weighted by Crippen LogP contribution is -2.45. The number of rotatable bonds is 6. The molecule has 3 heterocycles. The number of carbonyl (C=O) groups is 1. The van der Waals surface area contributed by atoms with Crippen molar-refractivity contribution in [3.05, 3.63) is 36.1 Å². The van der Waals surface area contributed by atoms with Crippen molar-refractivity contribution in [1.82, 2.24) is 20.4 Å². The number of aromatic nitrogens is 3. The van der Waals surface area contributed by atoms with Crippen LogP contribution in [0.1, 0.15) is 36.5 Å². The van der Waals surface area contributed by atoms with Gasteiger partial charge >= 0.3 is 0 Å². The topological polar surface area (TPSA) is 104 Å². The van der Waals surface area contributed by atoms with Crippen LogP contribution in [0, 0.1) is 5.92 Å². The zero-order valence-corrected chi connectivity index (χ0v) is 14.5. The van der Waals surface area contributed by atoms with Crippen LogP contribution in [0.25, 0.3) is 0 Å². The molecule has 0 saturated carbocycles. The first-order chi connectivity index (χ1) is 12.0. The van der Waals surface area contributed by atoms with Crippen LogP contribution < -0.4 is 10.2 Å². The Hall–Kier alpha value is -2.48. The SMILES string of the molecule is CC(C)Cc1cc(C(=O)NC[C@@]2(O)CCN(c3cnccn3)C2)on1. The molecular weight excluding hydrogens is 322 g/mol. The van der Waals surface area contributed by atoms with E-state index in [0.717, 1.165) is 17.9 Å². The quantitative estimate of drug-likeness (QED) is 0.806. The zero-order valence-electron chi connectivity index (χ0n) is 14.5. The third-order valence-corrected chi connectivity index (χ3v) is 4.18. The van der Waals surface area contributed by atoms with Gasteiger partial charge in [-0.05, 0) is 18.8 Å². The molecule has 0 radical (unpaired) electrons. The molecule has 1 aliphatic heterocycles. The number of nitrogens with zero attached hydrogens (tertiary/aromatic N) is 4. The molecule has 1 aliphatic rings. The van der Waals surface area contributed by atoms with Crippen molar-refractivity contribution in [2.75, 3.05) is 24.5 Å².